The maximum Gasteiger partial charge on any atom is 0.419 e. The van der Waals surface area contributed by atoms with Crippen molar-refractivity contribution in [3.63, 3.8) is 0 Å². The Labute approximate surface area is 211 Å². The third-order valence-corrected chi connectivity index (χ3v) is 6.62. The van der Waals surface area contributed by atoms with Crippen molar-refractivity contribution < 1.29 is 18.1 Å². The molecule has 0 bridgehead atoms. The molecule has 9 nitrogen and oxygen atoms in total. The maximum absolute atomic E-state index is 13.9. The summed E-state index contributed by atoms with van der Waals surface area (Å²) in [4.78, 5) is 24.6. The van der Waals surface area contributed by atoms with Gasteiger partial charge in [0.05, 0.1) is 5.69 Å². The first-order chi connectivity index (χ1) is 17.4. The van der Waals surface area contributed by atoms with E-state index >= 15 is 0 Å². The fraction of sp³-hybridized carbons (Fsp3) is 0.360. The van der Waals surface area contributed by atoms with Crippen molar-refractivity contribution in [2.75, 3.05) is 33.0 Å². The summed E-state index contributed by atoms with van der Waals surface area (Å²) in [6, 6.07) is 4.23. The van der Waals surface area contributed by atoms with E-state index in [9.17, 15) is 23.3 Å². The minimum Gasteiger partial charge on any atom is -0.360 e. The average molecular weight is 516 g/mol. The molecule has 0 fully saturated rings. The van der Waals surface area contributed by atoms with Gasteiger partial charge in [0, 0.05) is 45.6 Å². The number of aromatic amines is 1. The highest BCUT2D eigenvalue weighted by molar-refractivity contribution is 5.97. The van der Waals surface area contributed by atoms with Crippen LogP contribution in [0.2, 0.25) is 0 Å². The third kappa shape index (κ3) is 5.20. The molecule has 1 aromatic carbocycles. The first-order valence-electron chi connectivity index (χ1n) is 11.6. The van der Waals surface area contributed by atoms with E-state index in [1.54, 1.807) is 31.3 Å². The molecule has 1 aliphatic rings. The number of hydrogen-bond acceptors (Lipinski definition) is 7. The van der Waals surface area contributed by atoms with Gasteiger partial charge in [0.2, 0.25) is 5.95 Å². The average Bonchev–Trinajstić information content (AvgIpc) is 3.28. The molecule has 0 aliphatic heterocycles. The second kappa shape index (κ2) is 9.94. The number of nitro groups is 1. The molecule has 2 aromatic heterocycles. The van der Waals surface area contributed by atoms with Gasteiger partial charge in [-0.3, -0.25) is 10.1 Å². The van der Waals surface area contributed by atoms with Gasteiger partial charge in [-0.1, -0.05) is 24.3 Å². The number of halogens is 3. The van der Waals surface area contributed by atoms with E-state index in [-0.39, 0.29) is 22.1 Å². The number of nitrogens with one attached hydrogen (secondary N) is 3. The Morgan fingerprint density at radius 2 is 2.05 bits per heavy atom. The predicted octanol–water partition coefficient (Wildman–Crippen LogP) is 4.37. The van der Waals surface area contributed by atoms with Gasteiger partial charge < -0.3 is 20.5 Å². The zero-order valence-electron chi connectivity index (χ0n) is 20.8. The molecule has 0 saturated carbocycles. The Kier molecular flexibility index (Phi) is 7.07. The Morgan fingerprint density at radius 1 is 1.30 bits per heavy atom. The van der Waals surface area contributed by atoms with E-state index in [0.717, 1.165) is 11.8 Å². The Hall–Kier alpha value is -3.77. The topological polar surface area (TPSA) is 112 Å². The van der Waals surface area contributed by atoms with Crippen LogP contribution in [0.4, 0.5) is 19.1 Å². The molecule has 4 rings (SSSR count). The molecule has 2 heterocycles. The number of likely N-dealkylation sites (N-methyl/N-ethyl adjacent to an activating group) is 1. The number of H-pyrrole nitrogens is 1. The third-order valence-electron chi connectivity index (χ3n) is 6.62. The molecule has 0 spiro atoms. The van der Waals surface area contributed by atoms with Crippen LogP contribution < -0.4 is 10.6 Å². The van der Waals surface area contributed by atoms with E-state index in [1.807, 2.05) is 32.0 Å². The monoisotopic (exact) mass is 515 g/mol. The van der Waals surface area contributed by atoms with Crippen molar-refractivity contribution in [2.45, 2.75) is 31.1 Å². The molecular weight excluding hydrogens is 487 g/mol. The zero-order chi connectivity index (χ0) is 27.0. The number of benzene rings is 1. The summed E-state index contributed by atoms with van der Waals surface area (Å²) in [6.07, 6.45) is 2.81. The molecule has 37 heavy (non-hydrogen) atoms. The standard InChI is InChI=1S/C25H28F3N7O2/c1-15-6-5-7-17-18(13-30-21(15)17)22-19(25(26,27)28)14-31-23(33-22)32-16-8-9-24(29-2,10-11-34(3)4)20(12-16)35(36)37/h5-9,12-14,20,29-30H,10-11H2,1-4H3,(H,31,32,33). The molecule has 3 N–H and O–H groups in total. The highest BCUT2D eigenvalue weighted by Crippen LogP contribution is 2.39. The summed E-state index contributed by atoms with van der Waals surface area (Å²) >= 11 is 0. The largest absolute Gasteiger partial charge is 0.419 e. The lowest BCUT2D eigenvalue weighted by Gasteiger charge is -2.35. The van der Waals surface area contributed by atoms with E-state index < -0.39 is 23.3 Å². The summed E-state index contributed by atoms with van der Waals surface area (Å²) in [5.74, 6) is -0.103. The van der Waals surface area contributed by atoms with Gasteiger partial charge in [-0.05, 0) is 52.7 Å². The fourth-order valence-electron chi connectivity index (χ4n) is 4.53. The molecular formula is C25H28F3N7O2. The van der Waals surface area contributed by atoms with E-state index in [4.69, 9.17) is 0 Å². The summed E-state index contributed by atoms with van der Waals surface area (Å²) in [5, 5.41) is 18.5. The quantitative estimate of drug-likeness (QED) is 0.302. The fourth-order valence-corrected chi connectivity index (χ4v) is 4.53. The first-order valence-corrected chi connectivity index (χ1v) is 11.6. The molecule has 3 aromatic rings. The van der Waals surface area contributed by atoms with Gasteiger partial charge in [-0.2, -0.15) is 13.2 Å². The van der Waals surface area contributed by atoms with E-state index in [2.05, 4.69) is 25.6 Å². The lowest BCUT2D eigenvalue weighted by atomic mass is 9.82. The number of para-hydroxylation sites is 1. The SMILES string of the molecule is CNC1(CCN(C)C)C=CC(Nc2ncc(C(F)(F)F)c(-c3c[nH]c4c(C)cccc34)n2)=CC1[N+](=O)[O-]. The van der Waals surface area contributed by atoms with Crippen LogP contribution in [0.1, 0.15) is 17.5 Å². The summed E-state index contributed by atoms with van der Waals surface area (Å²) in [6.45, 7) is 2.47. The molecule has 2 atom stereocenters. The van der Waals surface area contributed by atoms with E-state index in [0.29, 0.717) is 29.6 Å². The lowest BCUT2D eigenvalue weighted by Crippen LogP contribution is -2.56. The molecule has 12 heteroatoms. The van der Waals surface area contributed by atoms with Crippen LogP contribution >= 0.6 is 0 Å². The van der Waals surface area contributed by atoms with Crippen molar-refractivity contribution >= 4 is 16.9 Å². The highest BCUT2D eigenvalue weighted by Gasteiger charge is 2.44. The van der Waals surface area contributed by atoms with Crippen molar-refractivity contribution in [3.8, 4) is 11.3 Å². The number of alkyl halides is 3. The van der Waals surface area contributed by atoms with Crippen LogP contribution in [0.15, 0.2) is 54.5 Å². The van der Waals surface area contributed by atoms with Crippen LogP contribution in [0, 0.1) is 17.0 Å². The van der Waals surface area contributed by atoms with Crippen LogP contribution in [0.25, 0.3) is 22.2 Å². The first kappa shape index (κ1) is 26.3. The van der Waals surface area contributed by atoms with Gasteiger partial charge in [-0.25, -0.2) is 9.97 Å². The molecule has 1 aliphatic carbocycles. The zero-order valence-corrected chi connectivity index (χ0v) is 20.8. The van der Waals surface area contributed by atoms with Gasteiger partial charge >= 0.3 is 6.18 Å². The number of allylic oxidation sites excluding steroid dienone is 1. The maximum atomic E-state index is 13.9. The minimum absolute atomic E-state index is 0.103. The highest BCUT2D eigenvalue weighted by atomic mass is 19.4. The molecule has 0 radical (unpaired) electrons. The number of hydrogen-bond donors (Lipinski definition) is 3. The van der Waals surface area contributed by atoms with Crippen LogP contribution in [-0.2, 0) is 6.18 Å². The molecule has 0 amide bonds. The predicted molar refractivity (Wildman–Crippen MR) is 136 cm³/mol. The molecule has 0 saturated heterocycles. The van der Waals surface area contributed by atoms with Crippen molar-refractivity contribution in [1.82, 2.24) is 25.2 Å². The number of fused-ring (bicyclic) bond motifs is 1. The van der Waals surface area contributed by atoms with Crippen LogP contribution in [0.3, 0.4) is 0 Å². The number of nitrogens with zero attached hydrogens (tertiary/aromatic N) is 4. The summed E-state index contributed by atoms with van der Waals surface area (Å²) in [5.41, 5.74) is 0.0105. The molecule has 196 valence electrons. The van der Waals surface area contributed by atoms with Crippen molar-refractivity contribution in [2.24, 2.45) is 0 Å². The number of aryl methyl sites for hydroxylation is 1. The second-order valence-electron chi connectivity index (χ2n) is 9.31. The van der Waals surface area contributed by atoms with Gasteiger partial charge in [-0.15, -0.1) is 0 Å². The Balaban J connectivity index is 1.72. The number of rotatable bonds is 8. The van der Waals surface area contributed by atoms with Gasteiger partial charge in [0.1, 0.15) is 11.1 Å². The lowest BCUT2D eigenvalue weighted by molar-refractivity contribution is -0.519. The normalized spacial score (nSPS) is 19.9. The molecule has 2 unspecified atom stereocenters. The number of anilines is 1. The van der Waals surface area contributed by atoms with Crippen molar-refractivity contribution in [3.05, 3.63) is 75.8 Å². The summed E-state index contributed by atoms with van der Waals surface area (Å²) < 4.78 is 41.7. The van der Waals surface area contributed by atoms with Gasteiger partial charge in [0.25, 0.3) is 6.04 Å². The van der Waals surface area contributed by atoms with E-state index in [1.165, 1.54) is 12.3 Å². The van der Waals surface area contributed by atoms with Gasteiger partial charge in [0.15, 0.2) is 0 Å². The Morgan fingerprint density at radius 3 is 2.70 bits per heavy atom. The minimum atomic E-state index is -4.68. The number of aromatic nitrogens is 3. The van der Waals surface area contributed by atoms with Crippen LogP contribution in [-0.4, -0.2) is 64.0 Å². The van der Waals surface area contributed by atoms with Crippen LogP contribution in [0.5, 0.6) is 0 Å². The Bertz CT molecular complexity index is 1380. The smallest absolute Gasteiger partial charge is 0.360 e. The van der Waals surface area contributed by atoms with Crippen molar-refractivity contribution in [1.29, 1.82) is 0 Å². The summed E-state index contributed by atoms with van der Waals surface area (Å²) in [7, 11) is 5.43. The second-order valence-corrected chi connectivity index (χ2v) is 9.31.